The Hall–Kier alpha value is -1.87. The highest BCUT2D eigenvalue weighted by atomic mass is 32.2. The maximum Gasteiger partial charge on any atom is 0.416 e. The summed E-state index contributed by atoms with van der Waals surface area (Å²) >= 11 is 0.844. The summed E-state index contributed by atoms with van der Waals surface area (Å²) in [5, 5.41) is 9.09. The van der Waals surface area contributed by atoms with Crippen LogP contribution in [0.1, 0.15) is 11.4 Å². The molecule has 1 heterocycles. The fourth-order valence-corrected chi connectivity index (χ4v) is 2.51. The third kappa shape index (κ3) is 3.86. The van der Waals surface area contributed by atoms with Crippen LogP contribution in [0.25, 0.3) is 10.9 Å². The number of hydrogen-bond acceptors (Lipinski definition) is 5. The van der Waals surface area contributed by atoms with E-state index in [1.165, 1.54) is 13.2 Å². The zero-order valence-corrected chi connectivity index (χ0v) is 12.2. The first-order valence-corrected chi connectivity index (χ1v) is 7.01. The Balaban J connectivity index is 2.55. The van der Waals surface area contributed by atoms with E-state index in [9.17, 15) is 18.0 Å². The molecule has 0 aliphatic rings. The van der Waals surface area contributed by atoms with Gasteiger partial charge in [0.15, 0.2) is 5.82 Å². The zero-order valence-electron chi connectivity index (χ0n) is 11.3. The molecule has 0 bridgehead atoms. The van der Waals surface area contributed by atoms with E-state index in [0.717, 1.165) is 23.9 Å². The minimum absolute atomic E-state index is 0.0809. The Kier molecular flexibility index (Phi) is 4.87. The smallest absolute Gasteiger partial charge is 0.416 e. The van der Waals surface area contributed by atoms with Gasteiger partial charge in [-0.3, -0.25) is 4.79 Å². The molecule has 118 valence electrons. The van der Waals surface area contributed by atoms with Gasteiger partial charge in [-0.1, -0.05) is 11.8 Å². The summed E-state index contributed by atoms with van der Waals surface area (Å²) in [5.74, 6) is -1.12. The number of nitrogens with zero attached hydrogens (tertiary/aromatic N) is 2. The van der Waals surface area contributed by atoms with Crippen molar-refractivity contribution in [2.24, 2.45) is 0 Å². The fraction of sp³-hybridized carbons (Fsp3) is 0.308. The number of carboxylic acid groups (broad SMARTS) is 1. The summed E-state index contributed by atoms with van der Waals surface area (Å²) in [6, 6.07) is 3.09. The maximum absolute atomic E-state index is 12.8. The van der Waals surface area contributed by atoms with Crippen molar-refractivity contribution in [3.05, 3.63) is 29.6 Å². The van der Waals surface area contributed by atoms with Crippen molar-refractivity contribution in [1.29, 1.82) is 0 Å². The van der Waals surface area contributed by atoms with Gasteiger partial charge in [-0.25, -0.2) is 9.97 Å². The molecule has 0 aliphatic heterocycles. The van der Waals surface area contributed by atoms with Gasteiger partial charge in [-0.05, 0) is 18.2 Å². The Morgan fingerprint density at radius 3 is 2.68 bits per heavy atom. The van der Waals surface area contributed by atoms with Crippen LogP contribution in [0.5, 0.6) is 0 Å². The van der Waals surface area contributed by atoms with Crippen LogP contribution >= 0.6 is 11.8 Å². The first kappa shape index (κ1) is 16.5. The number of benzene rings is 1. The van der Waals surface area contributed by atoms with Gasteiger partial charge in [0.2, 0.25) is 0 Å². The monoisotopic (exact) mass is 332 g/mol. The minimum atomic E-state index is -4.49. The Morgan fingerprint density at radius 2 is 2.09 bits per heavy atom. The summed E-state index contributed by atoms with van der Waals surface area (Å²) in [7, 11) is 1.43. The number of rotatable bonds is 5. The largest absolute Gasteiger partial charge is 0.481 e. The van der Waals surface area contributed by atoms with Crippen molar-refractivity contribution in [3.8, 4) is 0 Å². The average Bonchev–Trinajstić information content (AvgIpc) is 2.43. The second-order valence-electron chi connectivity index (χ2n) is 4.29. The molecule has 0 spiro atoms. The Bertz CT molecular complexity index is 707. The SMILES string of the molecule is COCc1nc(SCC(=O)O)c2cc(C(F)(F)F)ccc2n1. The number of alkyl halides is 3. The van der Waals surface area contributed by atoms with Crippen LogP contribution in [0.2, 0.25) is 0 Å². The van der Waals surface area contributed by atoms with E-state index in [1.807, 2.05) is 0 Å². The van der Waals surface area contributed by atoms with E-state index in [-0.39, 0.29) is 28.6 Å². The molecule has 0 atom stereocenters. The van der Waals surface area contributed by atoms with Crippen LogP contribution in [0.4, 0.5) is 13.2 Å². The van der Waals surface area contributed by atoms with Gasteiger partial charge in [-0.15, -0.1) is 0 Å². The van der Waals surface area contributed by atoms with Gasteiger partial charge < -0.3 is 9.84 Å². The molecule has 0 unspecified atom stereocenters. The lowest BCUT2D eigenvalue weighted by Crippen LogP contribution is -2.06. The second kappa shape index (κ2) is 6.49. The lowest BCUT2D eigenvalue weighted by atomic mass is 10.1. The fourth-order valence-electron chi connectivity index (χ4n) is 1.76. The van der Waals surface area contributed by atoms with Crippen molar-refractivity contribution in [1.82, 2.24) is 9.97 Å². The Morgan fingerprint density at radius 1 is 1.36 bits per heavy atom. The molecule has 2 aromatic rings. The average molecular weight is 332 g/mol. The predicted molar refractivity (Wildman–Crippen MR) is 73.6 cm³/mol. The normalized spacial score (nSPS) is 11.8. The van der Waals surface area contributed by atoms with Crippen LogP contribution in [0.3, 0.4) is 0 Å². The molecule has 0 saturated carbocycles. The minimum Gasteiger partial charge on any atom is -0.481 e. The van der Waals surface area contributed by atoms with Gasteiger partial charge in [0.05, 0.1) is 16.8 Å². The third-order valence-corrected chi connectivity index (χ3v) is 3.62. The predicted octanol–water partition coefficient (Wildman–Crippen LogP) is 2.97. The molecule has 1 aromatic heterocycles. The first-order valence-electron chi connectivity index (χ1n) is 6.02. The van der Waals surface area contributed by atoms with Crippen molar-refractivity contribution < 1.29 is 27.8 Å². The number of ether oxygens (including phenoxy) is 1. The number of methoxy groups -OCH3 is 1. The number of carbonyl (C=O) groups is 1. The molecule has 0 aliphatic carbocycles. The van der Waals surface area contributed by atoms with Crippen LogP contribution < -0.4 is 0 Å². The number of hydrogen-bond donors (Lipinski definition) is 1. The van der Waals surface area contributed by atoms with E-state index in [4.69, 9.17) is 9.84 Å². The van der Waals surface area contributed by atoms with E-state index >= 15 is 0 Å². The molecular weight excluding hydrogens is 321 g/mol. The number of aromatic nitrogens is 2. The van der Waals surface area contributed by atoms with E-state index in [2.05, 4.69) is 9.97 Å². The van der Waals surface area contributed by atoms with Crippen LogP contribution in [0, 0.1) is 0 Å². The zero-order chi connectivity index (χ0) is 16.3. The molecule has 0 saturated heterocycles. The summed E-state index contributed by atoms with van der Waals surface area (Å²) in [5.41, 5.74) is -0.525. The highest BCUT2D eigenvalue weighted by Crippen LogP contribution is 2.33. The summed E-state index contributed by atoms with van der Waals surface area (Å²) in [6.45, 7) is 0.0809. The van der Waals surface area contributed by atoms with Crippen molar-refractivity contribution >= 4 is 28.6 Å². The molecule has 5 nitrogen and oxygen atoms in total. The molecule has 0 radical (unpaired) electrons. The van der Waals surface area contributed by atoms with Gasteiger partial charge >= 0.3 is 12.1 Å². The first-order chi connectivity index (χ1) is 10.3. The summed E-state index contributed by atoms with van der Waals surface area (Å²) in [4.78, 5) is 18.9. The quantitative estimate of drug-likeness (QED) is 0.670. The molecule has 0 fully saturated rings. The van der Waals surface area contributed by atoms with Crippen LogP contribution in [-0.4, -0.2) is 33.9 Å². The maximum atomic E-state index is 12.8. The lowest BCUT2D eigenvalue weighted by molar-refractivity contribution is -0.137. The highest BCUT2D eigenvalue weighted by molar-refractivity contribution is 8.00. The molecule has 22 heavy (non-hydrogen) atoms. The van der Waals surface area contributed by atoms with E-state index in [0.29, 0.717) is 5.52 Å². The third-order valence-electron chi connectivity index (χ3n) is 2.64. The van der Waals surface area contributed by atoms with E-state index in [1.54, 1.807) is 0 Å². The number of aliphatic carboxylic acids is 1. The second-order valence-corrected chi connectivity index (χ2v) is 5.25. The standard InChI is InChI=1S/C13H11F3N2O3S/c1-21-5-10-17-9-3-2-7(13(14,15)16)4-8(9)12(18-10)22-6-11(19)20/h2-4H,5-6H2,1H3,(H,19,20). The molecule has 2 rings (SSSR count). The van der Waals surface area contributed by atoms with Gasteiger partial charge in [0, 0.05) is 12.5 Å². The van der Waals surface area contributed by atoms with Gasteiger partial charge in [0.25, 0.3) is 0 Å². The lowest BCUT2D eigenvalue weighted by Gasteiger charge is -2.11. The highest BCUT2D eigenvalue weighted by Gasteiger charge is 2.31. The Labute approximate surface area is 127 Å². The number of fused-ring (bicyclic) bond motifs is 1. The summed E-state index contributed by atoms with van der Waals surface area (Å²) in [6.07, 6.45) is -4.49. The van der Waals surface area contributed by atoms with Crippen molar-refractivity contribution in [2.75, 3.05) is 12.9 Å². The van der Waals surface area contributed by atoms with Crippen molar-refractivity contribution in [2.45, 2.75) is 17.8 Å². The molecule has 0 amide bonds. The molecule has 1 N–H and O–H groups in total. The molecular formula is C13H11F3N2O3S. The number of halogens is 3. The van der Waals surface area contributed by atoms with Crippen molar-refractivity contribution in [3.63, 3.8) is 0 Å². The molecule has 1 aromatic carbocycles. The van der Waals surface area contributed by atoms with Crippen LogP contribution in [-0.2, 0) is 22.3 Å². The summed E-state index contributed by atoms with van der Waals surface area (Å²) < 4.78 is 43.3. The van der Waals surface area contributed by atoms with E-state index < -0.39 is 17.7 Å². The van der Waals surface area contributed by atoms with Crippen LogP contribution in [0.15, 0.2) is 23.2 Å². The number of thioether (sulfide) groups is 1. The van der Waals surface area contributed by atoms with Gasteiger partial charge in [0.1, 0.15) is 11.6 Å². The van der Waals surface area contributed by atoms with Gasteiger partial charge in [-0.2, -0.15) is 13.2 Å². The molecule has 9 heteroatoms. The number of carboxylic acids is 1. The topological polar surface area (TPSA) is 72.3 Å².